The number of rotatable bonds is 7. The topological polar surface area (TPSA) is 132 Å². The van der Waals surface area contributed by atoms with Crippen LogP contribution in [0.1, 0.15) is 57.2 Å². The van der Waals surface area contributed by atoms with Crippen molar-refractivity contribution in [3.63, 3.8) is 0 Å². The van der Waals surface area contributed by atoms with Gasteiger partial charge >= 0.3 is 7.12 Å². The first-order valence-corrected chi connectivity index (χ1v) is 13.1. The third kappa shape index (κ3) is 4.39. The van der Waals surface area contributed by atoms with Gasteiger partial charge in [0.05, 0.1) is 11.6 Å². The normalized spacial score (nSPS) is 17.3. The van der Waals surface area contributed by atoms with Gasteiger partial charge in [0.25, 0.3) is 10.0 Å². The molecule has 4 rings (SSSR count). The van der Waals surface area contributed by atoms with Crippen molar-refractivity contribution < 1.29 is 23.3 Å². The van der Waals surface area contributed by atoms with Crippen LogP contribution < -0.4 is 10.8 Å². The average molecular weight is 496 g/mol. The maximum atomic E-state index is 12.7. The van der Waals surface area contributed by atoms with Crippen molar-refractivity contribution in [3.05, 3.63) is 53.1 Å². The summed E-state index contributed by atoms with van der Waals surface area (Å²) < 4.78 is 29.4. The highest BCUT2D eigenvalue weighted by Crippen LogP contribution is 2.43. The van der Waals surface area contributed by atoms with Crippen molar-refractivity contribution >= 4 is 46.2 Å². The summed E-state index contributed by atoms with van der Waals surface area (Å²) >= 11 is 0. The fraction of sp³-hybridized carbons (Fsp3) is 0.375. The van der Waals surface area contributed by atoms with Gasteiger partial charge in [0.2, 0.25) is 5.91 Å². The van der Waals surface area contributed by atoms with Gasteiger partial charge in [-0.3, -0.25) is 4.79 Å². The molecule has 3 N–H and O–H groups in total. The van der Waals surface area contributed by atoms with Crippen molar-refractivity contribution in [3.8, 4) is 0 Å². The molecule has 0 saturated carbocycles. The molecule has 0 unspecified atom stereocenters. The number of amidine groups is 1. The number of nitrogens with one attached hydrogen (secondary N) is 1. The van der Waals surface area contributed by atoms with Crippen LogP contribution in [0, 0.1) is 5.92 Å². The predicted molar refractivity (Wildman–Crippen MR) is 136 cm³/mol. The number of amides is 1. The van der Waals surface area contributed by atoms with Gasteiger partial charge in [0, 0.05) is 17.8 Å². The molecule has 2 heterocycles. The first-order chi connectivity index (χ1) is 16.5. The summed E-state index contributed by atoms with van der Waals surface area (Å²) in [5.74, 6) is 0.329. The van der Waals surface area contributed by atoms with E-state index >= 15 is 0 Å². The van der Waals surface area contributed by atoms with E-state index in [4.69, 9.17) is 0 Å². The summed E-state index contributed by atoms with van der Waals surface area (Å²) in [6, 6.07) is 9.86. The SMILES string of the molecule is CCC1(CC)C(=O)Nc2ccc(/C=N/N(CC(C)C)C3=NS(=O)(=O)c4cc(B(O)O)ccc43)cc21. The van der Waals surface area contributed by atoms with Crippen molar-refractivity contribution in [2.24, 2.45) is 15.4 Å². The minimum atomic E-state index is -4.01. The summed E-state index contributed by atoms with van der Waals surface area (Å²) in [4.78, 5) is 12.6. The highest BCUT2D eigenvalue weighted by Gasteiger charge is 2.43. The van der Waals surface area contributed by atoms with Gasteiger partial charge < -0.3 is 15.4 Å². The van der Waals surface area contributed by atoms with Gasteiger partial charge in [-0.25, -0.2) is 5.01 Å². The van der Waals surface area contributed by atoms with Crippen molar-refractivity contribution in [1.29, 1.82) is 0 Å². The van der Waals surface area contributed by atoms with Crippen LogP contribution in [-0.4, -0.2) is 55.1 Å². The number of sulfonamides is 1. The minimum absolute atomic E-state index is 0.00233. The Labute approximate surface area is 205 Å². The molecule has 11 heteroatoms. The standard InChI is InChI=1S/C24H29BN4O5S/c1-5-24(6-2)19-11-16(7-10-20(19)27-23(24)30)13-26-29(14-15(3)4)22-18-9-8-17(25(31)32)12-21(18)35(33,34)28-22/h7-13,15,31-32H,5-6,14H2,1-4H3,(H,27,30)/b26-13+. The van der Waals surface area contributed by atoms with Crippen LogP contribution in [0.4, 0.5) is 5.69 Å². The summed E-state index contributed by atoms with van der Waals surface area (Å²) in [5, 5.41) is 28.0. The summed E-state index contributed by atoms with van der Waals surface area (Å²) in [7, 11) is -5.79. The van der Waals surface area contributed by atoms with Gasteiger partial charge in [-0.2, -0.15) is 13.5 Å². The van der Waals surface area contributed by atoms with Gasteiger partial charge in [-0.1, -0.05) is 45.9 Å². The molecule has 0 fully saturated rings. The van der Waals surface area contributed by atoms with Crippen LogP contribution >= 0.6 is 0 Å². The smallest absolute Gasteiger partial charge is 0.423 e. The molecule has 1 amide bonds. The third-order valence-corrected chi connectivity index (χ3v) is 7.91. The second-order valence-corrected chi connectivity index (χ2v) is 10.9. The fourth-order valence-corrected chi connectivity index (χ4v) is 5.87. The van der Waals surface area contributed by atoms with Crippen LogP contribution in [-0.2, 0) is 20.2 Å². The molecule has 0 atom stereocenters. The van der Waals surface area contributed by atoms with Gasteiger partial charge in [-0.05, 0) is 53.5 Å². The molecular weight excluding hydrogens is 467 g/mol. The monoisotopic (exact) mass is 496 g/mol. The van der Waals surface area contributed by atoms with Gasteiger partial charge in [0.15, 0.2) is 5.84 Å². The Morgan fingerprint density at radius 1 is 1.17 bits per heavy atom. The van der Waals surface area contributed by atoms with Crippen LogP contribution in [0.3, 0.4) is 0 Å². The number of nitrogens with zero attached hydrogens (tertiary/aromatic N) is 3. The number of hydrogen-bond acceptors (Lipinski definition) is 7. The lowest BCUT2D eigenvalue weighted by atomic mass is 9.76. The van der Waals surface area contributed by atoms with Crippen molar-refractivity contribution in [2.45, 2.75) is 50.8 Å². The molecule has 2 aromatic carbocycles. The van der Waals surface area contributed by atoms with E-state index in [1.165, 1.54) is 18.2 Å². The Bertz CT molecular complexity index is 1330. The quantitative estimate of drug-likeness (QED) is 0.305. The Kier molecular flexibility index (Phi) is 6.61. The fourth-order valence-electron chi connectivity index (χ4n) is 4.63. The van der Waals surface area contributed by atoms with Gasteiger partial charge in [0.1, 0.15) is 4.90 Å². The Morgan fingerprint density at radius 3 is 2.51 bits per heavy atom. The molecule has 9 nitrogen and oxygen atoms in total. The lowest BCUT2D eigenvalue weighted by Gasteiger charge is -2.24. The van der Waals surface area contributed by atoms with E-state index < -0.39 is 22.6 Å². The van der Waals surface area contributed by atoms with Crippen LogP contribution in [0.25, 0.3) is 0 Å². The lowest BCUT2D eigenvalue weighted by molar-refractivity contribution is -0.121. The number of hydrazone groups is 1. The Morgan fingerprint density at radius 2 is 1.89 bits per heavy atom. The highest BCUT2D eigenvalue weighted by molar-refractivity contribution is 7.90. The first-order valence-electron chi connectivity index (χ1n) is 11.6. The Balaban J connectivity index is 1.72. The number of hydrogen-bond donors (Lipinski definition) is 3. The molecule has 0 saturated heterocycles. The summed E-state index contributed by atoms with van der Waals surface area (Å²) in [5.41, 5.74) is 2.37. The van der Waals surface area contributed by atoms with E-state index in [9.17, 15) is 23.3 Å². The molecule has 0 spiro atoms. The van der Waals surface area contributed by atoms with E-state index in [0.29, 0.717) is 24.9 Å². The molecule has 2 aliphatic heterocycles. The third-order valence-electron chi connectivity index (χ3n) is 6.61. The molecule has 0 aliphatic carbocycles. The van der Waals surface area contributed by atoms with E-state index in [1.807, 2.05) is 45.9 Å². The zero-order valence-corrected chi connectivity index (χ0v) is 21.0. The largest absolute Gasteiger partial charge is 0.488 e. The highest BCUT2D eigenvalue weighted by atomic mass is 32.2. The maximum Gasteiger partial charge on any atom is 0.488 e. The predicted octanol–water partition coefficient (Wildman–Crippen LogP) is 1.82. The zero-order valence-electron chi connectivity index (χ0n) is 20.2. The number of carbonyl (C=O) groups is 1. The minimum Gasteiger partial charge on any atom is -0.423 e. The summed E-state index contributed by atoms with van der Waals surface area (Å²) in [6.45, 7) is 8.39. The molecule has 184 valence electrons. The molecule has 2 aliphatic rings. The van der Waals surface area contributed by atoms with E-state index in [2.05, 4.69) is 14.8 Å². The molecular formula is C24H29BN4O5S. The zero-order chi connectivity index (χ0) is 25.5. The average Bonchev–Trinajstić information content (AvgIpc) is 3.25. The lowest BCUT2D eigenvalue weighted by Crippen LogP contribution is -2.33. The molecule has 0 aromatic heterocycles. The van der Waals surface area contributed by atoms with Crippen molar-refractivity contribution in [2.75, 3.05) is 11.9 Å². The summed E-state index contributed by atoms with van der Waals surface area (Å²) in [6.07, 6.45) is 3.00. The van der Waals surface area contributed by atoms with Gasteiger partial charge in [-0.15, -0.1) is 4.40 Å². The first kappa shape index (κ1) is 25.1. The second kappa shape index (κ2) is 9.21. The molecule has 2 aromatic rings. The number of anilines is 1. The van der Waals surface area contributed by atoms with Crippen LogP contribution in [0.15, 0.2) is 50.8 Å². The second-order valence-electron chi connectivity index (χ2n) is 9.29. The molecule has 0 radical (unpaired) electrons. The van der Waals surface area contributed by atoms with Crippen LogP contribution in [0.2, 0.25) is 0 Å². The number of fused-ring (bicyclic) bond motifs is 2. The molecule has 0 bridgehead atoms. The number of benzene rings is 2. The van der Waals surface area contributed by atoms with E-state index in [0.717, 1.165) is 16.8 Å². The van der Waals surface area contributed by atoms with E-state index in [1.54, 1.807) is 11.2 Å². The Hall–Kier alpha value is -3.02. The van der Waals surface area contributed by atoms with Crippen molar-refractivity contribution in [1.82, 2.24) is 5.01 Å². The van der Waals surface area contributed by atoms with E-state index in [-0.39, 0.29) is 28.0 Å². The maximum absolute atomic E-state index is 12.7. The van der Waals surface area contributed by atoms with Crippen LogP contribution in [0.5, 0.6) is 0 Å². The molecule has 35 heavy (non-hydrogen) atoms. The number of carbonyl (C=O) groups excluding carboxylic acids is 1.